The predicted molar refractivity (Wildman–Crippen MR) is 109 cm³/mol. The highest BCUT2D eigenvalue weighted by atomic mass is 32.2. The molecule has 0 bridgehead atoms. The summed E-state index contributed by atoms with van der Waals surface area (Å²) in [7, 11) is -3.79. The van der Waals surface area contributed by atoms with Crippen LogP contribution < -0.4 is 9.04 Å². The highest BCUT2D eigenvalue weighted by Crippen LogP contribution is 2.34. The third-order valence-electron chi connectivity index (χ3n) is 4.51. The van der Waals surface area contributed by atoms with Gasteiger partial charge in [-0.2, -0.15) is 0 Å². The monoisotopic (exact) mass is 395 g/mol. The number of benzene rings is 3. The number of rotatable bonds is 7. The van der Waals surface area contributed by atoms with Crippen LogP contribution in [-0.4, -0.2) is 27.7 Å². The summed E-state index contributed by atoms with van der Waals surface area (Å²) in [4.78, 5) is 0.282. The number of sulfonamides is 1. The van der Waals surface area contributed by atoms with Crippen LogP contribution in [0.1, 0.15) is 5.56 Å². The van der Waals surface area contributed by atoms with Gasteiger partial charge in [-0.1, -0.05) is 36.4 Å². The molecule has 1 aliphatic rings. The number of aryl methyl sites for hydroxylation is 1. The molecule has 0 N–H and O–H groups in total. The van der Waals surface area contributed by atoms with Crippen molar-refractivity contribution in [2.75, 3.05) is 17.5 Å². The molecule has 1 fully saturated rings. The molecule has 1 atom stereocenters. The van der Waals surface area contributed by atoms with Gasteiger partial charge in [-0.25, -0.2) is 12.7 Å². The lowest BCUT2D eigenvalue weighted by atomic mass is 10.2. The van der Waals surface area contributed by atoms with E-state index in [1.165, 1.54) is 4.31 Å². The van der Waals surface area contributed by atoms with Crippen LogP contribution in [0.5, 0.6) is 5.75 Å². The summed E-state index contributed by atoms with van der Waals surface area (Å²) in [6.07, 6.45) is 0.168. The Kier molecular flexibility index (Phi) is 5.07. The van der Waals surface area contributed by atoms with Crippen LogP contribution in [0.15, 0.2) is 83.8 Å². The molecule has 0 radical (unpaired) electrons. The fourth-order valence-electron chi connectivity index (χ4n) is 2.97. The third-order valence-corrected chi connectivity index (χ3v) is 6.43. The summed E-state index contributed by atoms with van der Waals surface area (Å²) in [5.41, 5.74) is 1.82. The first-order chi connectivity index (χ1) is 13.6. The summed E-state index contributed by atoms with van der Waals surface area (Å²) in [5.74, 6) is 0.681. The lowest BCUT2D eigenvalue weighted by Gasteiger charge is -2.25. The quantitative estimate of drug-likeness (QED) is 0.560. The first-order valence-corrected chi connectivity index (χ1v) is 10.5. The molecule has 0 amide bonds. The Hall–Kier alpha value is -2.83. The van der Waals surface area contributed by atoms with E-state index in [0.717, 1.165) is 6.61 Å². The fraction of sp³-hybridized carbons (Fsp3) is 0.182. The second-order valence-corrected chi connectivity index (χ2v) is 8.39. The Labute approximate surface area is 165 Å². The van der Waals surface area contributed by atoms with Gasteiger partial charge in [0.1, 0.15) is 18.5 Å². The third kappa shape index (κ3) is 3.88. The number of para-hydroxylation sites is 1. The molecule has 3 aromatic rings. The average Bonchev–Trinajstić information content (AvgIpc) is 3.53. The normalized spacial score (nSPS) is 15.8. The Morgan fingerprint density at radius 1 is 0.929 bits per heavy atom. The molecule has 5 nitrogen and oxygen atoms in total. The first kappa shape index (κ1) is 18.5. The molecule has 1 unspecified atom stereocenters. The van der Waals surface area contributed by atoms with Crippen molar-refractivity contribution in [3.63, 3.8) is 0 Å². The van der Waals surface area contributed by atoms with E-state index in [4.69, 9.17) is 9.47 Å². The van der Waals surface area contributed by atoms with E-state index in [1.54, 1.807) is 61.5 Å². The molecule has 1 heterocycles. The SMILES string of the molecule is Cc1ccccc1S(=O)(=O)N(c1ccccc1)c1ccc(OCC2CO2)cc1. The van der Waals surface area contributed by atoms with Crippen molar-refractivity contribution in [2.45, 2.75) is 17.9 Å². The van der Waals surface area contributed by atoms with Gasteiger partial charge < -0.3 is 9.47 Å². The molecule has 0 aliphatic carbocycles. The van der Waals surface area contributed by atoms with E-state index in [1.807, 2.05) is 24.3 Å². The van der Waals surface area contributed by atoms with Gasteiger partial charge in [0.25, 0.3) is 10.0 Å². The number of ether oxygens (including phenoxy) is 2. The van der Waals surface area contributed by atoms with Crippen LogP contribution >= 0.6 is 0 Å². The molecule has 0 aromatic heterocycles. The Morgan fingerprint density at radius 3 is 2.18 bits per heavy atom. The van der Waals surface area contributed by atoms with Crippen molar-refractivity contribution in [3.05, 3.63) is 84.4 Å². The van der Waals surface area contributed by atoms with Crippen LogP contribution in [0.4, 0.5) is 11.4 Å². The minimum atomic E-state index is -3.79. The topological polar surface area (TPSA) is 59.1 Å². The summed E-state index contributed by atoms with van der Waals surface area (Å²) < 4.78 is 39.3. The van der Waals surface area contributed by atoms with Crippen LogP contribution in [-0.2, 0) is 14.8 Å². The lowest BCUT2D eigenvalue weighted by molar-refractivity contribution is 0.263. The molecule has 4 rings (SSSR count). The molecular weight excluding hydrogens is 374 g/mol. The van der Waals surface area contributed by atoms with Crippen LogP contribution in [0, 0.1) is 6.92 Å². The smallest absolute Gasteiger partial charge is 0.268 e. The van der Waals surface area contributed by atoms with Crippen molar-refractivity contribution in [1.29, 1.82) is 0 Å². The maximum absolute atomic E-state index is 13.5. The number of hydrogen-bond donors (Lipinski definition) is 0. The Balaban J connectivity index is 1.73. The number of epoxide rings is 1. The zero-order valence-electron chi connectivity index (χ0n) is 15.5. The van der Waals surface area contributed by atoms with E-state index in [0.29, 0.717) is 29.3 Å². The minimum absolute atomic E-state index is 0.168. The Morgan fingerprint density at radius 2 is 1.54 bits per heavy atom. The van der Waals surface area contributed by atoms with Gasteiger partial charge in [0.05, 0.1) is 22.9 Å². The van der Waals surface area contributed by atoms with Crippen molar-refractivity contribution >= 4 is 21.4 Å². The first-order valence-electron chi connectivity index (χ1n) is 9.06. The van der Waals surface area contributed by atoms with Gasteiger partial charge in [-0.3, -0.25) is 0 Å². The molecule has 3 aromatic carbocycles. The minimum Gasteiger partial charge on any atom is -0.491 e. The van der Waals surface area contributed by atoms with Gasteiger partial charge in [0, 0.05) is 0 Å². The maximum atomic E-state index is 13.5. The van der Waals surface area contributed by atoms with Gasteiger partial charge in [0.2, 0.25) is 0 Å². The van der Waals surface area contributed by atoms with Crippen LogP contribution in [0.2, 0.25) is 0 Å². The average molecular weight is 395 g/mol. The summed E-state index contributed by atoms with van der Waals surface area (Å²) in [6.45, 7) is 3.03. The number of hydrogen-bond acceptors (Lipinski definition) is 4. The van der Waals surface area contributed by atoms with Crippen molar-refractivity contribution in [3.8, 4) is 5.75 Å². The fourth-order valence-corrected chi connectivity index (χ4v) is 4.69. The summed E-state index contributed by atoms with van der Waals surface area (Å²) in [5, 5.41) is 0. The van der Waals surface area contributed by atoms with Crippen molar-refractivity contribution in [2.24, 2.45) is 0 Å². The maximum Gasteiger partial charge on any atom is 0.268 e. The highest BCUT2D eigenvalue weighted by molar-refractivity contribution is 7.93. The Bertz CT molecular complexity index is 1050. The predicted octanol–water partition coefficient (Wildman–Crippen LogP) is 4.30. The van der Waals surface area contributed by atoms with Gasteiger partial charge in [-0.15, -0.1) is 0 Å². The highest BCUT2D eigenvalue weighted by Gasteiger charge is 2.28. The molecule has 1 saturated heterocycles. The molecular formula is C22H21NO4S. The second kappa shape index (κ2) is 7.66. The second-order valence-electron chi connectivity index (χ2n) is 6.63. The van der Waals surface area contributed by atoms with E-state index >= 15 is 0 Å². The number of nitrogens with zero attached hydrogens (tertiary/aromatic N) is 1. The van der Waals surface area contributed by atoms with Crippen LogP contribution in [0.3, 0.4) is 0 Å². The van der Waals surface area contributed by atoms with E-state index < -0.39 is 10.0 Å². The molecule has 1 aliphatic heterocycles. The molecule has 0 saturated carbocycles. The zero-order valence-corrected chi connectivity index (χ0v) is 16.3. The van der Waals surface area contributed by atoms with Crippen LogP contribution in [0.25, 0.3) is 0 Å². The largest absolute Gasteiger partial charge is 0.491 e. The molecule has 28 heavy (non-hydrogen) atoms. The molecule has 144 valence electrons. The van der Waals surface area contributed by atoms with Crippen molar-refractivity contribution in [1.82, 2.24) is 0 Å². The summed E-state index contributed by atoms with van der Waals surface area (Å²) in [6, 6.07) is 23.1. The van der Waals surface area contributed by atoms with E-state index in [-0.39, 0.29) is 11.0 Å². The van der Waals surface area contributed by atoms with Crippen molar-refractivity contribution < 1.29 is 17.9 Å². The van der Waals surface area contributed by atoms with Gasteiger partial charge in [0.15, 0.2) is 0 Å². The lowest BCUT2D eigenvalue weighted by Crippen LogP contribution is -2.26. The number of anilines is 2. The standard InChI is InChI=1S/C22H21NO4S/c1-17-7-5-6-10-22(17)28(24,25)23(18-8-3-2-4-9-18)19-11-13-20(14-12-19)26-15-21-16-27-21/h2-14,21H,15-16H2,1H3. The van der Waals surface area contributed by atoms with Gasteiger partial charge in [-0.05, 0) is 55.0 Å². The van der Waals surface area contributed by atoms with E-state index in [2.05, 4.69) is 0 Å². The zero-order chi connectivity index (χ0) is 19.6. The van der Waals surface area contributed by atoms with E-state index in [9.17, 15) is 8.42 Å². The molecule has 6 heteroatoms. The van der Waals surface area contributed by atoms with Gasteiger partial charge >= 0.3 is 0 Å². The summed E-state index contributed by atoms with van der Waals surface area (Å²) >= 11 is 0. The molecule has 0 spiro atoms.